The molecular formula is C28H26ClF2NO4. The number of carbonyl (C=O) groups excluding carboxylic acids is 1. The van der Waals surface area contributed by atoms with Gasteiger partial charge in [0.25, 0.3) is 0 Å². The number of fused-ring (bicyclic) bond motifs is 1. The van der Waals surface area contributed by atoms with Gasteiger partial charge in [0.1, 0.15) is 17.9 Å². The van der Waals surface area contributed by atoms with Crippen LogP contribution in [-0.2, 0) is 35.4 Å². The molecule has 0 unspecified atom stereocenters. The van der Waals surface area contributed by atoms with Crippen LogP contribution >= 0.6 is 11.6 Å². The number of benzene rings is 3. The molecule has 1 amide bonds. The minimum atomic E-state index is -1.23. The van der Waals surface area contributed by atoms with E-state index in [-0.39, 0.29) is 18.5 Å². The Morgan fingerprint density at radius 2 is 1.81 bits per heavy atom. The number of halogens is 3. The van der Waals surface area contributed by atoms with Gasteiger partial charge < -0.3 is 14.7 Å². The molecule has 0 fully saturated rings. The van der Waals surface area contributed by atoms with Crippen LogP contribution in [0.25, 0.3) is 0 Å². The maximum atomic E-state index is 14.1. The topological polar surface area (TPSA) is 66.8 Å². The summed E-state index contributed by atoms with van der Waals surface area (Å²) < 4.78 is 33.9. The van der Waals surface area contributed by atoms with Gasteiger partial charge in [-0.05, 0) is 54.3 Å². The molecule has 0 radical (unpaired) electrons. The van der Waals surface area contributed by atoms with Crippen LogP contribution in [0.3, 0.4) is 0 Å². The Kier molecular flexibility index (Phi) is 7.59. The second-order valence-corrected chi connectivity index (χ2v) is 9.77. The summed E-state index contributed by atoms with van der Waals surface area (Å²) in [5.41, 5.74) is 2.60. The molecule has 1 heterocycles. The van der Waals surface area contributed by atoms with Crippen molar-refractivity contribution in [2.45, 2.75) is 44.8 Å². The van der Waals surface area contributed by atoms with Crippen molar-refractivity contribution in [2.75, 3.05) is 6.54 Å². The van der Waals surface area contributed by atoms with Gasteiger partial charge in [0.2, 0.25) is 5.91 Å². The Hall–Kier alpha value is -3.45. The summed E-state index contributed by atoms with van der Waals surface area (Å²) in [6.45, 7) is 1.13. The first-order valence-corrected chi connectivity index (χ1v) is 12.0. The van der Waals surface area contributed by atoms with Crippen molar-refractivity contribution in [2.24, 2.45) is 0 Å². The third-order valence-corrected chi connectivity index (χ3v) is 6.49. The maximum Gasteiger partial charge on any atom is 0.323 e. The van der Waals surface area contributed by atoms with Crippen LogP contribution in [0.4, 0.5) is 8.78 Å². The van der Waals surface area contributed by atoms with Gasteiger partial charge in [-0.2, -0.15) is 0 Å². The van der Waals surface area contributed by atoms with E-state index >= 15 is 0 Å². The van der Waals surface area contributed by atoms with E-state index < -0.39 is 35.7 Å². The Labute approximate surface area is 213 Å². The highest BCUT2D eigenvalue weighted by Gasteiger charge is 2.35. The summed E-state index contributed by atoms with van der Waals surface area (Å²) in [6, 6.07) is 17.1. The lowest BCUT2D eigenvalue weighted by atomic mass is 9.91. The highest BCUT2D eigenvalue weighted by Crippen LogP contribution is 2.37. The van der Waals surface area contributed by atoms with Crippen LogP contribution in [0, 0.1) is 11.6 Å². The zero-order chi connectivity index (χ0) is 25.9. The first-order valence-electron chi connectivity index (χ1n) is 11.6. The predicted octanol–water partition coefficient (Wildman–Crippen LogP) is 5.60. The average molecular weight is 514 g/mol. The number of aliphatic carboxylic acids is 1. The lowest BCUT2D eigenvalue weighted by Crippen LogP contribution is -2.35. The summed E-state index contributed by atoms with van der Waals surface area (Å²) in [5.74, 6) is -3.00. The van der Waals surface area contributed by atoms with Gasteiger partial charge in [0.05, 0.1) is 0 Å². The van der Waals surface area contributed by atoms with E-state index in [4.69, 9.17) is 16.3 Å². The number of carboxylic acid groups (broad SMARTS) is 1. The SMILES string of the molecule is C[C@@]1(Cc2ccc(Cl)cc2)Cc2cc(CCC(=O)N(CC(=O)O)Cc3cccc(F)c3F)ccc2O1. The number of ether oxygens (including phenoxy) is 1. The Morgan fingerprint density at radius 1 is 1.08 bits per heavy atom. The number of aryl methyl sites for hydroxylation is 1. The second kappa shape index (κ2) is 10.7. The zero-order valence-electron chi connectivity index (χ0n) is 19.8. The highest BCUT2D eigenvalue weighted by molar-refractivity contribution is 6.30. The third-order valence-electron chi connectivity index (χ3n) is 6.24. The molecule has 1 aliphatic rings. The third kappa shape index (κ3) is 6.21. The van der Waals surface area contributed by atoms with Crippen LogP contribution in [0.15, 0.2) is 60.7 Å². The van der Waals surface area contributed by atoms with Crippen molar-refractivity contribution >= 4 is 23.5 Å². The van der Waals surface area contributed by atoms with Crippen molar-refractivity contribution < 1.29 is 28.2 Å². The molecule has 1 N–H and O–H groups in total. The Bertz CT molecular complexity index is 1280. The van der Waals surface area contributed by atoms with Gasteiger partial charge in [-0.15, -0.1) is 0 Å². The minimum Gasteiger partial charge on any atom is -0.487 e. The van der Waals surface area contributed by atoms with E-state index in [1.54, 1.807) is 0 Å². The Morgan fingerprint density at radius 3 is 2.53 bits per heavy atom. The van der Waals surface area contributed by atoms with Crippen LogP contribution < -0.4 is 4.74 Å². The first kappa shape index (κ1) is 25.6. The molecule has 0 aromatic heterocycles. The van der Waals surface area contributed by atoms with Gasteiger partial charge in [-0.1, -0.05) is 48.0 Å². The van der Waals surface area contributed by atoms with Crippen LogP contribution in [0.5, 0.6) is 5.75 Å². The number of nitrogens with zero attached hydrogens (tertiary/aromatic N) is 1. The van der Waals surface area contributed by atoms with E-state index in [0.717, 1.165) is 33.4 Å². The molecule has 188 valence electrons. The van der Waals surface area contributed by atoms with Crippen LogP contribution in [0.1, 0.15) is 35.6 Å². The van der Waals surface area contributed by atoms with Crippen LogP contribution in [0.2, 0.25) is 5.02 Å². The molecule has 0 bridgehead atoms. The minimum absolute atomic E-state index is 0.0336. The van der Waals surface area contributed by atoms with E-state index in [9.17, 15) is 23.5 Å². The molecule has 1 aliphatic heterocycles. The average Bonchev–Trinajstić information content (AvgIpc) is 3.16. The fraction of sp³-hybridized carbons (Fsp3) is 0.286. The van der Waals surface area contributed by atoms with Gasteiger partial charge in [0, 0.05) is 36.4 Å². The number of amides is 1. The normalized spacial score (nSPS) is 16.3. The summed E-state index contributed by atoms with van der Waals surface area (Å²) >= 11 is 5.98. The fourth-order valence-electron chi connectivity index (χ4n) is 4.54. The molecule has 4 rings (SSSR count). The van der Waals surface area contributed by atoms with Crippen molar-refractivity contribution in [3.8, 4) is 5.75 Å². The molecule has 3 aromatic carbocycles. The van der Waals surface area contributed by atoms with Gasteiger partial charge >= 0.3 is 5.97 Å². The lowest BCUT2D eigenvalue weighted by molar-refractivity contribution is -0.144. The second-order valence-electron chi connectivity index (χ2n) is 9.33. The number of hydrogen-bond acceptors (Lipinski definition) is 3. The molecule has 3 aromatic rings. The van der Waals surface area contributed by atoms with Gasteiger partial charge in [-0.25, -0.2) is 8.78 Å². The van der Waals surface area contributed by atoms with E-state index in [1.165, 1.54) is 12.1 Å². The molecule has 8 heteroatoms. The van der Waals surface area contributed by atoms with Gasteiger partial charge in [0.15, 0.2) is 11.6 Å². The smallest absolute Gasteiger partial charge is 0.323 e. The molecule has 0 saturated carbocycles. The highest BCUT2D eigenvalue weighted by atomic mass is 35.5. The van der Waals surface area contributed by atoms with Crippen molar-refractivity contribution in [3.63, 3.8) is 0 Å². The molecular weight excluding hydrogens is 488 g/mol. The summed E-state index contributed by atoms with van der Waals surface area (Å²) in [7, 11) is 0. The lowest BCUT2D eigenvalue weighted by Gasteiger charge is -2.24. The largest absolute Gasteiger partial charge is 0.487 e. The molecule has 36 heavy (non-hydrogen) atoms. The number of carbonyl (C=O) groups is 2. The quantitative estimate of drug-likeness (QED) is 0.404. The molecule has 0 spiro atoms. The van der Waals surface area contributed by atoms with E-state index in [0.29, 0.717) is 24.3 Å². The molecule has 5 nitrogen and oxygen atoms in total. The van der Waals surface area contributed by atoms with Crippen molar-refractivity contribution in [1.82, 2.24) is 4.90 Å². The predicted molar refractivity (Wildman–Crippen MR) is 132 cm³/mol. The maximum absolute atomic E-state index is 14.1. The number of carboxylic acids is 1. The standard InChI is InChI=1S/C28H26ClF2NO4/c1-28(14-19-5-9-22(29)10-6-19)15-21-13-18(7-11-24(21)36-28)8-12-25(33)32(17-26(34)35)16-20-3-2-4-23(30)27(20)31/h2-7,9-11,13H,8,12,14-17H2,1H3,(H,34,35)/t28-/m1/s1. The fourth-order valence-corrected chi connectivity index (χ4v) is 4.67. The summed E-state index contributed by atoms with van der Waals surface area (Å²) in [4.78, 5) is 25.1. The zero-order valence-corrected chi connectivity index (χ0v) is 20.5. The molecule has 0 saturated heterocycles. The molecule has 0 aliphatic carbocycles. The monoisotopic (exact) mass is 513 g/mol. The Balaban J connectivity index is 1.40. The summed E-state index contributed by atoms with van der Waals surface area (Å²) in [5, 5.41) is 9.89. The van der Waals surface area contributed by atoms with Crippen molar-refractivity contribution in [1.29, 1.82) is 0 Å². The number of hydrogen-bond donors (Lipinski definition) is 1. The number of rotatable bonds is 9. The van der Waals surface area contributed by atoms with E-state index in [1.807, 2.05) is 42.5 Å². The first-order chi connectivity index (χ1) is 17.1. The summed E-state index contributed by atoms with van der Waals surface area (Å²) in [6.07, 6.45) is 1.83. The van der Waals surface area contributed by atoms with E-state index in [2.05, 4.69) is 6.92 Å². The molecule has 1 atom stereocenters. The van der Waals surface area contributed by atoms with Crippen molar-refractivity contribution in [3.05, 3.63) is 99.6 Å². The van der Waals surface area contributed by atoms with Crippen LogP contribution in [-0.4, -0.2) is 34.0 Å². The van der Waals surface area contributed by atoms with Gasteiger partial charge in [-0.3, -0.25) is 9.59 Å².